The van der Waals surface area contributed by atoms with E-state index in [0.717, 1.165) is 24.2 Å². The van der Waals surface area contributed by atoms with Gasteiger partial charge in [-0.25, -0.2) is 0 Å². The highest BCUT2D eigenvalue weighted by Gasteiger charge is 2.10. The Morgan fingerprint density at radius 2 is 2.11 bits per heavy atom. The van der Waals surface area contributed by atoms with Crippen molar-refractivity contribution >= 4 is 11.6 Å². The summed E-state index contributed by atoms with van der Waals surface area (Å²) in [4.78, 5) is 12.0. The van der Waals surface area contributed by atoms with Crippen molar-refractivity contribution in [2.75, 3.05) is 32.1 Å². The van der Waals surface area contributed by atoms with Crippen LogP contribution in [0.15, 0.2) is 18.2 Å². The van der Waals surface area contributed by atoms with Gasteiger partial charge in [-0.05, 0) is 31.0 Å². The lowest BCUT2D eigenvalue weighted by Gasteiger charge is -2.12. The van der Waals surface area contributed by atoms with Crippen LogP contribution in [0.1, 0.15) is 29.3 Å². The third-order valence-corrected chi connectivity index (χ3v) is 2.58. The van der Waals surface area contributed by atoms with Crippen molar-refractivity contribution in [3.63, 3.8) is 0 Å². The molecule has 0 aliphatic heterocycles. The summed E-state index contributed by atoms with van der Waals surface area (Å²) >= 11 is 0. The lowest BCUT2D eigenvalue weighted by Crippen LogP contribution is -2.27. The smallest absolute Gasteiger partial charge is 0.253 e. The molecule has 4 heteroatoms. The normalized spacial score (nSPS) is 10.2. The first-order valence-corrected chi connectivity index (χ1v) is 6.30. The second-order valence-corrected chi connectivity index (χ2v) is 4.22. The summed E-state index contributed by atoms with van der Waals surface area (Å²) in [7, 11) is 1.62. The topological polar surface area (TPSA) is 50.4 Å². The maximum atomic E-state index is 12.0. The first-order chi connectivity index (χ1) is 8.69. The number of amides is 1. The van der Waals surface area contributed by atoms with Gasteiger partial charge >= 0.3 is 0 Å². The predicted octanol–water partition coefficient (Wildman–Crippen LogP) is 2.19. The number of carbonyl (C=O) groups excluding carboxylic acids is 1. The van der Waals surface area contributed by atoms with E-state index in [1.165, 1.54) is 0 Å². The first-order valence-electron chi connectivity index (χ1n) is 6.30. The van der Waals surface area contributed by atoms with Crippen LogP contribution >= 0.6 is 0 Å². The Kier molecular flexibility index (Phi) is 6.22. The zero-order valence-corrected chi connectivity index (χ0v) is 11.4. The Hall–Kier alpha value is -1.55. The van der Waals surface area contributed by atoms with E-state index in [-0.39, 0.29) is 5.91 Å². The Labute approximate surface area is 109 Å². The van der Waals surface area contributed by atoms with Crippen molar-refractivity contribution < 1.29 is 9.53 Å². The maximum Gasteiger partial charge on any atom is 0.253 e. The largest absolute Gasteiger partial charge is 0.384 e. The highest BCUT2D eigenvalue weighted by molar-refractivity contribution is 5.99. The van der Waals surface area contributed by atoms with Gasteiger partial charge in [0.1, 0.15) is 0 Å². The molecule has 0 atom stereocenters. The summed E-state index contributed by atoms with van der Waals surface area (Å²) < 4.78 is 4.91. The maximum absolute atomic E-state index is 12.0. The number of nitrogens with one attached hydrogen (secondary N) is 2. The third kappa shape index (κ3) is 4.37. The van der Waals surface area contributed by atoms with Gasteiger partial charge in [-0.1, -0.05) is 13.0 Å². The van der Waals surface area contributed by atoms with Gasteiger partial charge in [0.2, 0.25) is 0 Å². The molecule has 1 rings (SSSR count). The summed E-state index contributed by atoms with van der Waals surface area (Å²) in [5, 5.41) is 6.12. The lowest BCUT2D eigenvalue weighted by atomic mass is 10.1. The molecule has 100 valence electrons. The Morgan fingerprint density at radius 1 is 1.33 bits per heavy atom. The number of rotatable bonds is 7. The van der Waals surface area contributed by atoms with Gasteiger partial charge < -0.3 is 15.4 Å². The van der Waals surface area contributed by atoms with E-state index in [1.807, 2.05) is 25.1 Å². The van der Waals surface area contributed by atoms with Crippen molar-refractivity contribution in [1.82, 2.24) is 5.32 Å². The molecule has 0 unspecified atom stereocenters. The minimum absolute atomic E-state index is 0.0642. The highest BCUT2D eigenvalue weighted by Crippen LogP contribution is 2.17. The first kappa shape index (κ1) is 14.5. The van der Waals surface area contributed by atoms with E-state index in [0.29, 0.717) is 18.7 Å². The Bertz CT molecular complexity index is 391. The fourth-order valence-electron chi connectivity index (χ4n) is 1.62. The number of aryl methyl sites for hydroxylation is 1. The van der Waals surface area contributed by atoms with Crippen LogP contribution in [0.25, 0.3) is 0 Å². The van der Waals surface area contributed by atoms with Gasteiger partial charge in [-0.15, -0.1) is 0 Å². The molecular weight excluding hydrogens is 228 g/mol. The van der Waals surface area contributed by atoms with Gasteiger partial charge in [0, 0.05) is 25.9 Å². The molecule has 0 aromatic heterocycles. The summed E-state index contributed by atoms with van der Waals surface area (Å²) in [6.07, 6.45) is 1.03. The molecule has 0 aliphatic carbocycles. The monoisotopic (exact) mass is 250 g/mol. The van der Waals surface area contributed by atoms with E-state index < -0.39 is 0 Å². The third-order valence-electron chi connectivity index (χ3n) is 2.58. The number of ether oxygens (including phenoxy) is 1. The second-order valence-electron chi connectivity index (χ2n) is 4.22. The van der Waals surface area contributed by atoms with Crippen LogP contribution in [-0.4, -0.2) is 32.7 Å². The number of anilines is 1. The number of benzene rings is 1. The molecule has 0 aliphatic rings. The van der Waals surface area contributed by atoms with Gasteiger partial charge in [-0.3, -0.25) is 4.79 Å². The number of hydrogen-bond donors (Lipinski definition) is 2. The fourth-order valence-corrected chi connectivity index (χ4v) is 1.62. The van der Waals surface area contributed by atoms with Crippen molar-refractivity contribution in [2.45, 2.75) is 20.3 Å². The minimum Gasteiger partial charge on any atom is -0.384 e. The van der Waals surface area contributed by atoms with E-state index in [9.17, 15) is 4.79 Å². The summed E-state index contributed by atoms with van der Waals surface area (Å²) in [6, 6.07) is 5.80. The Balaban J connectivity index is 2.75. The number of methoxy groups -OCH3 is 1. The number of hydrogen-bond acceptors (Lipinski definition) is 3. The zero-order valence-electron chi connectivity index (χ0n) is 11.4. The molecular formula is C14H22N2O2. The van der Waals surface area contributed by atoms with Crippen LogP contribution in [0.2, 0.25) is 0 Å². The highest BCUT2D eigenvalue weighted by atomic mass is 16.5. The van der Waals surface area contributed by atoms with Crippen LogP contribution in [0, 0.1) is 6.92 Å². The molecule has 0 saturated heterocycles. The molecule has 0 bridgehead atoms. The number of carbonyl (C=O) groups is 1. The average Bonchev–Trinajstić information content (AvgIpc) is 2.36. The second kappa shape index (κ2) is 7.71. The zero-order chi connectivity index (χ0) is 13.4. The van der Waals surface area contributed by atoms with Gasteiger partial charge in [-0.2, -0.15) is 0 Å². The SMILES string of the molecule is CCCNc1cc(C)ccc1C(=O)NCCOC. The van der Waals surface area contributed by atoms with Crippen LogP contribution in [0.5, 0.6) is 0 Å². The van der Waals surface area contributed by atoms with Gasteiger partial charge in [0.15, 0.2) is 0 Å². The van der Waals surface area contributed by atoms with Gasteiger partial charge in [0.25, 0.3) is 5.91 Å². The van der Waals surface area contributed by atoms with Crippen molar-refractivity contribution in [2.24, 2.45) is 0 Å². The minimum atomic E-state index is -0.0642. The summed E-state index contributed by atoms with van der Waals surface area (Å²) in [5.74, 6) is -0.0642. The molecule has 0 saturated carbocycles. The summed E-state index contributed by atoms with van der Waals surface area (Å²) in [6.45, 7) is 6.03. The lowest BCUT2D eigenvalue weighted by molar-refractivity contribution is 0.0938. The van der Waals surface area contributed by atoms with Crippen molar-refractivity contribution in [3.8, 4) is 0 Å². The molecule has 1 aromatic carbocycles. The predicted molar refractivity (Wildman–Crippen MR) is 74.2 cm³/mol. The van der Waals surface area contributed by atoms with Crippen LogP contribution in [0.3, 0.4) is 0 Å². The summed E-state index contributed by atoms with van der Waals surface area (Å²) in [5.41, 5.74) is 2.72. The standard InChI is InChI=1S/C14H22N2O2/c1-4-7-15-13-10-11(2)5-6-12(13)14(17)16-8-9-18-3/h5-6,10,15H,4,7-9H2,1-3H3,(H,16,17). The molecule has 0 radical (unpaired) electrons. The van der Waals surface area contributed by atoms with Gasteiger partial charge in [0.05, 0.1) is 12.2 Å². The van der Waals surface area contributed by atoms with Crippen molar-refractivity contribution in [1.29, 1.82) is 0 Å². The van der Waals surface area contributed by atoms with Crippen LogP contribution in [-0.2, 0) is 4.74 Å². The molecule has 18 heavy (non-hydrogen) atoms. The fraction of sp³-hybridized carbons (Fsp3) is 0.500. The molecule has 0 heterocycles. The molecule has 4 nitrogen and oxygen atoms in total. The molecule has 0 fully saturated rings. The Morgan fingerprint density at radius 3 is 2.78 bits per heavy atom. The van der Waals surface area contributed by atoms with E-state index in [1.54, 1.807) is 7.11 Å². The van der Waals surface area contributed by atoms with E-state index in [4.69, 9.17) is 4.74 Å². The molecule has 1 aromatic rings. The molecule has 2 N–H and O–H groups in total. The van der Waals surface area contributed by atoms with Crippen LogP contribution < -0.4 is 10.6 Å². The van der Waals surface area contributed by atoms with E-state index in [2.05, 4.69) is 17.6 Å². The molecule has 1 amide bonds. The van der Waals surface area contributed by atoms with E-state index >= 15 is 0 Å². The molecule has 0 spiro atoms. The van der Waals surface area contributed by atoms with Crippen molar-refractivity contribution in [3.05, 3.63) is 29.3 Å². The average molecular weight is 250 g/mol. The van der Waals surface area contributed by atoms with Crippen LogP contribution in [0.4, 0.5) is 5.69 Å². The quantitative estimate of drug-likeness (QED) is 0.729.